The number of hydrogen-bond donors (Lipinski definition) is 1. The third kappa shape index (κ3) is 4.07. The van der Waals surface area contributed by atoms with Gasteiger partial charge in [0.25, 0.3) is 0 Å². The van der Waals surface area contributed by atoms with Crippen molar-refractivity contribution in [2.24, 2.45) is 0 Å². The fourth-order valence-corrected chi connectivity index (χ4v) is 5.34. The summed E-state index contributed by atoms with van der Waals surface area (Å²) < 4.78 is 4.13. The summed E-state index contributed by atoms with van der Waals surface area (Å²) >= 11 is 6.26. The highest BCUT2D eigenvalue weighted by Gasteiger charge is 2.36. The number of benzene rings is 3. The van der Waals surface area contributed by atoms with E-state index in [0.717, 1.165) is 50.8 Å². The minimum Gasteiger partial charge on any atom is -0.308 e. The Hall–Kier alpha value is -4.29. The van der Waals surface area contributed by atoms with Gasteiger partial charge in [0.2, 0.25) is 0 Å². The molecule has 0 spiro atoms. The van der Waals surface area contributed by atoms with Crippen LogP contribution in [0.15, 0.2) is 91.1 Å². The summed E-state index contributed by atoms with van der Waals surface area (Å²) in [5.41, 5.74) is 7.78. The van der Waals surface area contributed by atoms with Crippen molar-refractivity contribution in [3.8, 4) is 11.5 Å². The van der Waals surface area contributed by atoms with Crippen LogP contribution in [0.5, 0.6) is 0 Å². The summed E-state index contributed by atoms with van der Waals surface area (Å²) in [6.45, 7) is 6.47. The topological polar surface area (TPSA) is 55.1 Å². The third-order valence-corrected chi connectivity index (χ3v) is 7.63. The van der Waals surface area contributed by atoms with Gasteiger partial charge in [0, 0.05) is 22.5 Å². The molecule has 0 saturated carbocycles. The van der Waals surface area contributed by atoms with Gasteiger partial charge < -0.3 is 14.8 Å². The molecule has 1 aliphatic heterocycles. The first-order valence-corrected chi connectivity index (χ1v) is 13.0. The molecule has 5 aromatic rings. The molecule has 0 unspecified atom stereocenters. The number of nitrogens with zero attached hydrogens (tertiary/aromatic N) is 4. The maximum atomic E-state index is 14.1. The summed E-state index contributed by atoms with van der Waals surface area (Å²) in [5.74, 6) is 0.940. The standard InChI is InChI=1S/C31H28ClN5O/c1-20-9-7-12-27(21(20)2)33-31(38)36-19-26-22(3)34-37(25-10-5-4-6-11-25)30(26)35-18-8-13-28(35)29(36)23-14-16-24(32)17-15-23/h4-18,29H,19H2,1-3H3,(H,33,38)/t29-/m0/s1. The summed E-state index contributed by atoms with van der Waals surface area (Å²) in [4.78, 5) is 16.0. The molecular weight excluding hydrogens is 494 g/mol. The van der Waals surface area contributed by atoms with E-state index in [1.54, 1.807) is 0 Å². The Labute approximate surface area is 227 Å². The van der Waals surface area contributed by atoms with Crippen LogP contribution in [0.25, 0.3) is 11.5 Å². The van der Waals surface area contributed by atoms with Crippen molar-refractivity contribution in [3.63, 3.8) is 0 Å². The zero-order chi connectivity index (χ0) is 26.4. The van der Waals surface area contributed by atoms with Gasteiger partial charge in [-0.05, 0) is 79.9 Å². The Morgan fingerprint density at radius 1 is 0.921 bits per heavy atom. The van der Waals surface area contributed by atoms with Gasteiger partial charge in [0.05, 0.1) is 29.7 Å². The number of aryl methyl sites for hydroxylation is 2. The number of urea groups is 1. The third-order valence-electron chi connectivity index (χ3n) is 7.38. The quantitative estimate of drug-likeness (QED) is 0.269. The SMILES string of the molecule is Cc1cccc(NC(=O)N2Cc3c(C)nn(-c4ccccc4)c3-n3cccc3[C@@H]2c2ccc(Cl)cc2)c1C. The molecule has 1 atom stereocenters. The number of fused-ring (bicyclic) bond motifs is 3. The van der Waals surface area contributed by atoms with Crippen LogP contribution >= 0.6 is 11.6 Å². The van der Waals surface area contributed by atoms with E-state index in [2.05, 4.69) is 16.0 Å². The molecule has 0 fully saturated rings. The highest BCUT2D eigenvalue weighted by molar-refractivity contribution is 6.30. The van der Waals surface area contributed by atoms with Crippen molar-refractivity contribution in [3.05, 3.63) is 130 Å². The molecule has 1 N–H and O–H groups in total. The van der Waals surface area contributed by atoms with Crippen LogP contribution in [-0.2, 0) is 6.54 Å². The van der Waals surface area contributed by atoms with Gasteiger partial charge in [-0.15, -0.1) is 0 Å². The van der Waals surface area contributed by atoms with E-state index < -0.39 is 0 Å². The van der Waals surface area contributed by atoms with Gasteiger partial charge >= 0.3 is 6.03 Å². The highest BCUT2D eigenvalue weighted by atomic mass is 35.5. The highest BCUT2D eigenvalue weighted by Crippen LogP contribution is 2.39. The Bertz CT molecular complexity index is 1640. The number of amides is 2. The maximum Gasteiger partial charge on any atom is 0.322 e. The van der Waals surface area contributed by atoms with Crippen LogP contribution in [0, 0.1) is 20.8 Å². The van der Waals surface area contributed by atoms with Gasteiger partial charge in [-0.25, -0.2) is 9.48 Å². The van der Waals surface area contributed by atoms with Crippen molar-refractivity contribution >= 4 is 23.3 Å². The monoisotopic (exact) mass is 521 g/mol. The molecule has 7 heteroatoms. The molecule has 0 saturated heterocycles. The number of carbonyl (C=O) groups is 1. The van der Waals surface area contributed by atoms with E-state index >= 15 is 0 Å². The van der Waals surface area contributed by atoms with Gasteiger partial charge in [-0.1, -0.05) is 54.1 Å². The van der Waals surface area contributed by atoms with Crippen LogP contribution in [0.3, 0.4) is 0 Å². The second-order valence-corrected chi connectivity index (χ2v) is 10.1. The molecule has 2 amide bonds. The van der Waals surface area contributed by atoms with Crippen molar-refractivity contribution < 1.29 is 4.79 Å². The fraction of sp³-hybridized carbons (Fsp3) is 0.161. The van der Waals surface area contributed by atoms with Crippen molar-refractivity contribution in [1.29, 1.82) is 0 Å². The number of anilines is 1. The Morgan fingerprint density at radius 3 is 2.45 bits per heavy atom. The van der Waals surface area contributed by atoms with E-state index in [0.29, 0.717) is 11.6 Å². The molecule has 38 heavy (non-hydrogen) atoms. The molecule has 0 aliphatic carbocycles. The number of rotatable bonds is 3. The first-order chi connectivity index (χ1) is 18.4. The largest absolute Gasteiger partial charge is 0.322 e. The van der Waals surface area contributed by atoms with E-state index in [4.69, 9.17) is 16.7 Å². The lowest BCUT2D eigenvalue weighted by Crippen LogP contribution is -2.38. The van der Waals surface area contributed by atoms with E-state index in [1.165, 1.54) is 0 Å². The minimum absolute atomic E-state index is 0.175. The summed E-state index contributed by atoms with van der Waals surface area (Å²) in [5, 5.41) is 8.77. The lowest BCUT2D eigenvalue weighted by atomic mass is 10.0. The lowest BCUT2D eigenvalue weighted by Gasteiger charge is -2.31. The van der Waals surface area contributed by atoms with Crippen molar-refractivity contribution in [2.75, 3.05) is 5.32 Å². The summed E-state index contributed by atoms with van der Waals surface area (Å²) in [6.07, 6.45) is 2.05. The van der Waals surface area contributed by atoms with E-state index in [-0.39, 0.29) is 12.1 Å². The zero-order valence-electron chi connectivity index (χ0n) is 21.5. The van der Waals surface area contributed by atoms with Gasteiger partial charge in [0.15, 0.2) is 0 Å². The second kappa shape index (κ2) is 9.54. The zero-order valence-corrected chi connectivity index (χ0v) is 22.3. The van der Waals surface area contributed by atoms with Gasteiger partial charge in [-0.2, -0.15) is 5.10 Å². The van der Waals surface area contributed by atoms with Crippen LogP contribution in [0.1, 0.15) is 39.7 Å². The molecule has 190 valence electrons. The number of para-hydroxylation sites is 1. The molecule has 2 aromatic heterocycles. The minimum atomic E-state index is -0.344. The number of nitrogens with one attached hydrogen (secondary N) is 1. The molecule has 6 rings (SSSR count). The first kappa shape index (κ1) is 24.1. The van der Waals surface area contributed by atoms with Crippen LogP contribution in [0.2, 0.25) is 5.02 Å². The molecular formula is C31H28ClN5O. The molecule has 3 aromatic carbocycles. The average molecular weight is 522 g/mol. The molecule has 3 heterocycles. The van der Waals surface area contributed by atoms with Crippen molar-refractivity contribution in [2.45, 2.75) is 33.4 Å². The van der Waals surface area contributed by atoms with Crippen molar-refractivity contribution in [1.82, 2.24) is 19.2 Å². The van der Waals surface area contributed by atoms with Crippen LogP contribution in [0.4, 0.5) is 10.5 Å². The Balaban J connectivity index is 1.54. The maximum absolute atomic E-state index is 14.1. The summed E-state index contributed by atoms with van der Waals surface area (Å²) in [7, 11) is 0. The fourth-order valence-electron chi connectivity index (χ4n) is 5.22. The predicted octanol–water partition coefficient (Wildman–Crippen LogP) is 7.38. The average Bonchev–Trinajstić information content (AvgIpc) is 3.48. The van der Waals surface area contributed by atoms with Gasteiger partial charge in [0.1, 0.15) is 5.82 Å². The molecule has 1 aliphatic rings. The number of aromatic nitrogens is 3. The molecule has 6 nitrogen and oxygen atoms in total. The van der Waals surface area contributed by atoms with Gasteiger partial charge in [-0.3, -0.25) is 0 Å². The summed E-state index contributed by atoms with van der Waals surface area (Å²) in [6, 6.07) is 27.4. The molecule has 0 bridgehead atoms. The Morgan fingerprint density at radius 2 is 1.68 bits per heavy atom. The smallest absolute Gasteiger partial charge is 0.308 e. The number of hydrogen-bond acceptors (Lipinski definition) is 2. The lowest BCUT2D eigenvalue weighted by molar-refractivity contribution is 0.194. The van der Waals surface area contributed by atoms with E-state index in [9.17, 15) is 4.79 Å². The number of halogens is 1. The normalized spacial score (nSPS) is 14.5. The molecule has 0 radical (unpaired) electrons. The number of carbonyl (C=O) groups excluding carboxylic acids is 1. The van der Waals surface area contributed by atoms with Crippen LogP contribution < -0.4 is 5.32 Å². The second-order valence-electron chi connectivity index (χ2n) is 9.70. The first-order valence-electron chi connectivity index (χ1n) is 12.6. The Kier molecular flexibility index (Phi) is 6.04. The van der Waals surface area contributed by atoms with Crippen LogP contribution in [-0.4, -0.2) is 25.3 Å². The predicted molar refractivity (Wildman–Crippen MR) is 151 cm³/mol. The van der Waals surface area contributed by atoms with E-state index in [1.807, 2.05) is 115 Å².